The Hall–Kier alpha value is -1.93. The first kappa shape index (κ1) is 10.2. The Labute approximate surface area is 81.7 Å². The zero-order valence-corrected chi connectivity index (χ0v) is 7.89. The summed E-state index contributed by atoms with van der Waals surface area (Å²) in [6.07, 6.45) is 7.86. The van der Waals surface area contributed by atoms with Crippen molar-refractivity contribution >= 4 is 5.91 Å². The molecule has 1 amide bonds. The van der Waals surface area contributed by atoms with Gasteiger partial charge in [-0.2, -0.15) is 0 Å². The van der Waals surface area contributed by atoms with Gasteiger partial charge < -0.3 is 0 Å². The molecule has 0 aliphatic rings. The summed E-state index contributed by atoms with van der Waals surface area (Å²) in [5.74, 6) is 1.93. The molecule has 14 heavy (non-hydrogen) atoms. The summed E-state index contributed by atoms with van der Waals surface area (Å²) in [5, 5.41) is 1.04. The summed E-state index contributed by atoms with van der Waals surface area (Å²) in [6.45, 7) is 0. The van der Waals surface area contributed by atoms with E-state index in [0.717, 1.165) is 5.06 Å². The third-order valence-electron chi connectivity index (χ3n) is 1.63. The molecule has 0 fully saturated rings. The summed E-state index contributed by atoms with van der Waals surface area (Å²) in [4.78, 5) is 23.8. The highest BCUT2D eigenvalue weighted by Crippen LogP contribution is 2.04. The van der Waals surface area contributed by atoms with E-state index in [2.05, 4.69) is 15.9 Å². The normalized spacial score (nSPS) is 9.21. The Kier molecular flexibility index (Phi) is 3.15. The number of hydrogen-bond acceptors (Lipinski definition) is 4. The van der Waals surface area contributed by atoms with Crippen molar-refractivity contribution in [3.63, 3.8) is 0 Å². The molecule has 0 aliphatic carbocycles. The molecule has 5 heteroatoms. The van der Waals surface area contributed by atoms with Crippen molar-refractivity contribution in [2.24, 2.45) is 0 Å². The number of amides is 1. The van der Waals surface area contributed by atoms with Gasteiger partial charge in [0.05, 0.1) is 12.7 Å². The molecule has 0 N–H and O–H groups in total. The number of hydrogen-bond donors (Lipinski definition) is 0. The van der Waals surface area contributed by atoms with E-state index in [1.807, 2.05) is 0 Å². The number of hydroxylamine groups is 2. The highest BCUT2D eigenvalue weighted by molar-refractivity contribution is 5.93. The fourth-order valence-electron chi connectivity index (χ4n) is 0.838. The first-order chi connectivity index (χ1) is 6.70. The van der Waals surface area contributed by atoms with Crippen LogP contribution < -0.4 is 0 Å². The molecule has 5 nitrogen and oxygen atoms in total. The quantitative estimate of drug-likeness (QED) is 0.491. The topological polar surface area (TPSA) is 55.3 Å². The Morgan fingerprint density at radius 3 is 3.00 bits per heavy atom. The van der Waals surface area contributed by atoms with Crippen molar-refractivity contribution in [1.29, 1.82) is 0 Å². The maximum Gasteiger partial charge on any atom is 0.297 e. The lowest BCUT2D eigenvalue weighted by molar-refractivity contribution is -0.0760. The van der Waals surface area contributed by atoms with E-state index in [1.54, 1.807) is 0 Å². The number of carbonyl (C=O) groups is 1. The van der Waals surface area contributed by atoms with Crippen LogP contribution in [0.15, 0.2) is 12.5 Å². The van der Waals surface area contributed by atoms with Crippen LogP contribution in [0.25, 0.3) is 0 Å². The lowest BCUT2D eigenvalue weighted by Gasteiger charge is -2.13. The summed E-state index contributed by atoms with van der Waals surface area (Å²) < 4.78 is 0. The highest BCUT2D eigenvalue weighted by atomic mass is 16.7. The molecule has 1 heterocycles. The van der Waals surface area contributed by atoms with Gasteiger partial charge in [0.2, 0.25) is 0 Å². The van der Waals surface area contributed by atoms with E-state index in [1.165, 1.54) is 26.7 Å². The zero-order valence-electron chi connectivity index (χ0n) is 7.89. The third-order valence-corrected chi connectivity index (χ3v) is 1.63. The van der Waals surface area contributed by atoms with Crippen LogP contribution in [0.4, 0.5) is 0 Å². The largest absolute Gasteiger partial charge is 0.297 e. The minimum absolute atomic E-state index is 0.159. The molecule has 0 aromatic carbocycles. The molecule has 1 rings (SSSR count). The van der Waals surface area contributed by atoms with Crippen LogP contribution in [-0.4, -0.2) is 35.1 Å². The van der Waals surface area contributed by atoms with Gasteiger partial charge in [0, 0.05) is 13.2 Å². The molecule has 0 spiro atoms. The van der Waals surface area contributed by atoms with Crippen molar-refractivity contribution in [1.82, 2.24) is 15.0 Å². The fourth-order valence-corrected chi connectivity index (χ4v) is 0.838. The monoisotopic (exact) mass is 191 g/mol. The molecule has 1 aromatic heterocycles. The van der Waals surface area contributed by atoms with Gasteiger partial charge in [-0.1, -0.05) is 5.92 Å². The molecule has 0 saturated carbocycles. The van der Waals surface area contributed by atoms with Crippen LogP contribution in [0, 0.1) is 12.3 Å². The van der Waals surface area contributed by atoms with E-state index in [4.69, 9.17) is 11.3 Å². The third kappa shape index (κ3) is 1.87. The minimum Gasteiger partial charge on any atom is -0.274 e. The standard InChI is InChI=1S/C9H9N3O2/c1-4-7-5-10-6-11-8(7)9(13)12(2)14-3/h1,5-6H,2-3H3. The number of rotatable bonds is 2. The summed E-state index contributed by atoms with van der Waals surface area (Å²) in [5.41, 5.74) is 0.508. The van der Waals surface area contributed by atoms with Crippen LogP contribution in [-0.2, 0) is 4.84 Å². The van der Waals surface area contributed by atoms with Crippen LogP contribution in [0.2, 0.25) is 0 Å². The maximum absolute atomic E-state index is 11.6. The number of aromatic nitrogens is 2. The summed E-state index contributed by atoms with van der Waals surface area (Å²) in [6, 6.07) is 0. The smallest absolute Gasteiger partial charge is 0.274 e. The van der Waals surface area contributed by atoms with Gasteiger partial charge in [0.15, 0.2) is 0 Å². The van der Waals surface area contributed by atoms with Crippen molar-refractivity contribution < 1.29 is 9.63 Å². The van der Waals surface area contributed by atoms with Gasteiger partial charge in [-0.05, 0) is 0 Å². The second kappa shape index (κ2) is 4.35. The van der Waals surface area contributed by atoms with Gasteiger partial charge in [-0.3, -0.25) is 9.63 Å². The minimum atomic E-state index is -0.400. The zero-order chi connectivity index (χ0) is 10.6. The van der Waals surface area contributed by atoms with Crippen LogP contribution in [0.1, 0.15) is 16.1 Å². The molecule has 0 unspecified atom stereocenters. The molecule has 0 atom stereocenters. The Balaban J connectivity index is 3.08. The molecule has 1 aromatic rings. The van der Waals surface area contributed by atoms with Gasteiger partial charge in [-0.25, -0.2) is 15.0 Å². The van der Waals surface area contributed by atoms with Crippen molar-refractivity contribution in [3.05, 3.63) is 23.8 Å². The lowest BCUT2D eigenvalue weighted by Crippen LogP contribution is -2.27. The predicted molar refractivity (Wildman–Crippen MR) is 49.1 cm³/mol. The van der Waals surface area contributed by atoms with Crippen LogP contribution in [0.5, 0.6) is 0 Å². The van der Waals surface area contributed by atoms with E-state index >= 15 is 0 Å². The van der Waals surface area contributed by atoms with E-state index in [-0.39, 0.29) is 5.69 Å². The number of nitrogens with zero attached hydrogens (tertiary/aromatic N) is 3. The van der Waals surface area contributed by atoms with Gasteiger partial charge >= 0.3 is 0 Å². The van der Waals surface area contributed by atoms with Crippen molar-refractivity contribution in [2.75, 3.05) is 14.2 Å². The van der Waals surface area contributed by atoms with Gasteiger partial charge in [0.1, 0.15) is 12.0 Å². The molecular weight excluding hydrogens is 182 g/mol. The Morgan fingerprint density at radius 1 is 1.71 bits per heavy atom. The molecule has 0 saturated heterocycles. The lowest BCUT2D eigenvalue weighted by atomic mass is 10.2. The second-order valence-corrected chi connectivity index (χ2v) is 2.41. The SMILES string of the molecule is C#Cc1cncnc1C(=O)N(C)OC. The summed E-state index contributed by atoms with van der Waals surface area (Å²) in [7, 11) is 2.86. The fraction of sp³-hybridized carbons (Fsp3) is 0.222. The van der Waals surface area contributed by atoms with Crippen LogP contribution >= 0.6 is 0 Å². The summed E-state index contributed by atoms with van der Waals surface area (Å²) >= 11 is 0. The maximum atomic E-state index is 11.6. The molecule has 72 valence electrons. The average Bonchev–Trinajstić information content (AvgIpc) is 2.26. The first-order valence-electron chi connectivity index (χ1n) is 3.79. The van der Waals surface area contributed by atoms with Crippen LogP contribution in [0.3, 0.4) is 0 Å². The Bertz CT molecular complexity index is 384. The highest BCUT2D eigenvalue weighted by Gasteiger charge is 2.16. The van der Waals surface area contributed by atoms with E-state index < -0.39 is 5.91 Å². The number of terminal acetylenes is 1. The molecule has 0 aliphatic heterocycles. The van der Waals surface area contributed by atoms with Gasteiger partial charge in [0.25, 0.3) is 5.91 Å². The Morgan fingerprint density at radius 2 is 2.43 bits per heavy atom. The predicted octanol–water partition coefficient (Wildman–Crippen LogP) is 0.0913. The van der Waals surface area contributed by atoms with Crippen molar-refractivity contribution in [2.45, 2.75) is 0 Å². The van der Waals surface area contributed by atoms with E-state index in [9.17, 15) is 4.79 Å². The van der Waals surface area contributed by atoms with Gasteiger partial charge in [-0.15, -0.1) is 6.42 Å². The second-order valence-electron chi connectivity index (χ2n) is 2.41. The molecular formula is C9H9N3O2. The molecule has 0 radical (unpaired) electrons. The van der Waals surface area contributed by atoms with E-state index in [0.29, 0.717) is 5.56 Å². The molecule has 0 bridgehead atoms. The number of carbonyl (C=O) groups excluding carboxylic acids is 1. The first-order valence-corrected chi connectivity index (χ1v) is 3.79. The van der Waals surface area contributed by atoms with Crippen molar-refractivity contribution in [3.8, 4) is 12.3 Å². The average molecular weight is 191 g/mol.